The van der Waals surface area contributed by atoms with Crippen molar-refractivity contribution >= 4 is 11.6 Å². The van der Waals surface area contributed by atoms with Gasteiger partial charge in [0.15, 0.2) is 0 Å². The van der Waals surface area contributed by atoms with Crippen LogP contribution in [0.4, 0.5) is 0 Å². The van der Waals surface area contributed by atoms with Crippen LogP contribution in [0.15, 0.2) is 48.9 Å². The van der Waals surface area contributed by atoms with E-state index in [1.807, 2.05) is 42.7 Å². The Morgan fingerprint density at radius 1 is 1.20 bits per heavy atom. The van der Waals surface area contributed by atoms with Gasteiger partial charge in [0.25, 0.3) is 0 Å². The van der Waals surface area contributed by atoms with Crippen molar-refractivity contribution in [2.24, 2.45) is 0 Å². The fraction of sp³-hybridized carbons (Fsp3) is 0.368. The van der Waals surface area contributed by atoms with Crippen LogP contribution in [-0.2, 0) is 11.3 Å². The Morgan fingerprint density at radius 2 is 2.04 bits per heavy atom. The Morgan fingerprint density at radius 3 is 2.84 bits per heavy atom. The molecule has 4 heterocycles. The Bertz CT molecular complexity index is 874. The number of piperidine rings is 1. The monoisotopic (exact) mass is 338 g/mol. The summed E-state index contributed by atoms with van der Waals surface area (Å²) in [4.78, 5) is 18.8. The van der Waals surface area contributed by atoms with Crippen molar-refractivity contribution < 1.29 is 9.53 Å². The zero-order valence-electron chi connectivity index (χ0n) is 14.3. The van der Waals surface area contributed by atoms with Gasteiger partial charge in [-0.15, -0.1) is 0 Å². The average Bonchev–Trinajstić information content (AvgIpc) is 3.29. The minimum atomic E-state index is -0.266. The fourth-order valence-electron chi connectivity index (χ4n) is 3.68. The van der Waals surface area contributed by atoms with Crippen LogP contribution < -0.4 is 0 Å². The summed E-state index contributed by atoms with van der Waals surface area (Å²) in [7, 11) is 1.43. The third kappa shape index (κ3) is 3.05. The van der Waals surface area contributed by atoms with Gasteiger partial charge in [-0.2, -0.15) is 0 Å². The minimum Gasteiger partial charge on any atom is -0.464 e. The molecule has 0 radical (unpaired) electrons. The number of methoxy groups -OCH3 is 1. The van der Waals surface area contributed by atoms with Gasteiger partial charge in [0.05, 0.1) is 19.0 Å². The summed E-state index contributed by atoms with van der Waals surface area (Å²) >= 11 is 0. The van der Waals surface area contributed by atoms with Crippen molar-refractivity contribution in [3.05, 3.63) is 60.3 Å². The summed E-state index contributed by atoms with van der Waals surface area (Å²) in [6.45, 7) is 2.90. The standard InChI is InChI=1S/C19H22N4O2/c1-25-19(24)17-5-4-10-22(17)15-7-11-21(12-8-15)14-16-13-20-18-6-2-3-9-23(16)18/h2-6,9-10,13,15H,7-8,11-12,14H2,1H3. The summed E-state index contributed by atoms with van der Waals surface area (Å²) in [6, 6.07) is 10.2. The van der Waals surface area contributed by atoms with Gasteiger partial charge in [0.1, 0.15) is 11.3 Å². The molecule has 1 aliphatic heterocycles. The maximum absolute atomic E-state index is 11.9. The molecule has 0 aliphatic carbocycles. The third-order valence-electron chi connectivity index (χ3n) is 5.00. The van der Waals surface area contributed by atoms with Crippen LogP contribution in [0.2, 0.25) is 0 Å². The predicted octanol–water partition coefficient (Wildman–Crippen LogP) is 2.76. The molecule has 4 rings (SSSR count). The maximum Gasteiger partial charge on any atom is 0.354 e. The zero-order valence-corrected chi connectivity index (χ0v) is 14.3. The Kier molecular flexibility index (Phi) is 4.28. The smallest absolute Gasteiger partial charge is 0.354 e. The molecule has 0 saturated carbocycles. The molecule has 1 saturated heterocycles. The lowest BCUT2D eigenvalue weighted by molar-refractivity contribution is 0.0581. The van der Waals surface area contributed by atoms with E-state index < -0.39 is 0 Å². The Labute approximate surface area is 146 Å². The topological polar surface area (TPSA) is 51.8 Å². The molecule has 0 bridgehead atoms. The van der Waals surface area contributed by atoms with Gasteiger partial charge in [-0.1, -0.05) is 6.07 Å². The SMILES string of the molecule is COC(=O)c1cccn1C1CCN(Cc2cnc3ccccn23)CC1. The van der Waals surface area contributed by atoms with Crippen LogP contribution in [0, 0.1) is 0 Å². The number of fused-ring (bicyclic) bond motifs is 1. The molecule has 0 unspecified atom stereocenters. The summed E-state index contributed by atoms with van der Waals surface area (Å²) in [6.07, 6.45) is 8.05. The lowest BCUT2D eigenvalue weighted by atomic mass is 10.0. The van der Waals surface area contributed by atoms with Crippen LogP contribution in [-0.4, -0.2) is 45.0 Å². The average molecular weight is 338 g/mol. The van der Waals surface area contributed by atoms with Crippen LogP contribution >= 0.6 is 0 Å². The van der Waals surface area contributed by atoms with E-state index in [-0.39, 0.29) is 5.97 Å². The van der Waals surface area contributed by atoms with Crippen molar-refractivity contribution in [2.75, 3.05) is 20.2 Å². The number of hydrogen-bond donors (Lipinski definition) is 0. The molecule has 0 aromatic carbocycles. The van der Waals surface area contributed by atoms with E-state index >= 15 is 0 Å². The van der Waals surface area contributed by atoms with Crippen molar-refractivity contribution in [1.82, 2.24) is 18.9 Å². The first-order valence-electron chi connectivity index (χ1n) is 8.65. The third-order valence-corrected chi connectivity index (χ3v) is 5.00. The fourth-order valence-corrected chi connectivity index (χ4v) is 3.68. The highest BCUT2D eigenvalue weighted by Gasteiger charge is 2.24. The second kappa shape index (κ2) is 6.72. The first kappa shape index (κ1) is 15.9. The number of ether oxygens (including phenoxy) is 1. The number of carbonyl (C=O) groups excluding carboxylic acids is 1. The van der Waals surface area contributed by atoms with Gasteiger partial charge < -0.3 is 13.7 Å². The lowest BCUT2D eigenvalue weighted by Gasteiger charge is -2.33. The molecule has 1 fully saturated rings. The first-order chi connectivity index (χ1) is 12.3. The van der Waals surface area contributed by atoms with Gasteiger partial charge in [-0.05, 0) is 37.1 Å². The zero-order chi connectivity index (χ0) is 17.2. The summed E-state index contributed by atoms with van der Waals surface area (Å²) < 4.78 is 9.09. The summed E-state index contributed by atoms with van der Waals surface area (Å²) in [5, 5.41) is 0. The van der Waals surface area contributed by atoms with E-state index in [2.05, 4.69) is 25.0 Å². The summed E-state index contributed by atoms with van der Waals surface area (Å²) in [5.74, 6) is -0.266. The molecule has 0 atom stereocenters. The van der Waals surface area contributed by atoms with Gasteiger partial charge in [0, 0.05) is 38.1 Å². The molecule has 25 heavy (non-hydrogen) atoms. The highest BCUT2D eigenvalue weighted by Crippen LogP contribution is 2.26. The van der Waals surface area contributed by atoms with Gasteiger partial charge in [-0.25, -0.2) is 9.78 Å². The minimum absolute atomic E-state index is 0.266. The van der Waals surface area contributed by atoms with Crippen molar-refractivity contribution in [2.45, 2.75) is 25.4 Å². The molecule has 130 valence electrons. The van der Waals surface area contributed by atoms with Gasteiger partial charge in [-0.3, -0.25) is 4.90 Å². The number of likely N-dealkylation sites (tertiary alicyclic amines) is 1. The van der Waals surface area contributed by atoms with E-state index in [4.69, 9.17) is 4.74 Å². The van der Waals surface area contributed by atoms with Crippen LogP contribution in [0.5, 0.6) is 0 Å². The van der Waals surface area contributed by atoms with Crippen LogP contribution in [0.3, 0.4) is 0 Å². The quantitative estimate of drug-likeness (QED) is 0.687. The van der Waals surface area contributed by atoms with Crippen LogP contribution in [0.25, 0.3) is 5.65 Å². The molecule has 3 aromatic rings. The van der Waals surface area contributed by atoms with E-state index in [9.17, 15) is 4.79 Å². The number of nitrogens with zero attached hydrogens (tertiary/aromatic N) is 4. The van der Waals surface area contributed by atoms with Crippen molar-refractivity contribution in [1.29, 1.82) is 0 Å². The molecular formula is C19H22N4O2. The second-order valence-electron chi connectivity index (χ2n) is 6.48. The Hall–Kier alpha value is -2.60. The molecule has 3 aromatic heterocycles. The second-order valence-corrected chi connectivity index (χ2v) is 6.48. The van der Waals surface area contributed by atoms with Gasteiger partial charge in [0.2, 0.25) is 0 Å². The van der Waals surface area contributed by atoms with E-state index in [1.54, 1.807) is 0 Å². The van der Waals surface area contributed by atoms with Gasteiger partial charge >= 0.3 is 5.97 Å². The normalized spacial score (nSPS) is 16.4. The molecule has 0 amide bonds. The van der Waals surface area contributed by atoms with E-state index in [1.165, 1.54) is 12.8 Å². The number of aromatic nitrogens is 3. The van der Waals surface area contributed by atoms with Crippen molar-refractivity contribution in [3.8, 4) is 0 Å². The largest absolute Gasteiger partial charge is 0.464 e. The molecule has 6 nitrogen and oxygen atoms in total. The molecule has 6 heteroatoms. The van der Waals surface area contributed by atoms with Crippen molar-refractivity contribution in [3.63, 3.8) is 0 Å². The maximum atomic E-state index is 11.9. The van der Waals surface area contributed by atoms with E-state index in [0.29, 0.717) is 11.7 Å². The highest BCUT2D eigenvalue weighted by atomic mass is 16.5. The molecular weight excluding hydrogens is 316 g/mol. The molecule has 0 spiro atoms. The summed E-state index contributed by atoms with van der Waals surface area (Å²) in [5.41, 5.74) is 2.84. The number of imidazole rings is 1. The van der Waals surface area contributed by atoms with E-state index in [0.717, 1.165) is 38.1 Å². The molecule has 0 N–H and O–H groups in total. The number of pyridine rings is 1. The number of rotatable bonds is 4. The number of esters is 1. The van der Waals surface area contributed by atoms with Crippen LogP contribution in [0.1, 0.15) is 35.1 Å². The number of hydrogen-bond acceptors (Lipinski definition) is 4. The Balaban J connectivity index is 1.42. The highest BCUT2D eigenvalue weighted by molar-refractivity contribution is 5.87. The lowest BCUT2D eigenvalue weighted by Crippen LogP contribution is -2.35. The molecule has 1 aliphatic rings. The number of carbonyl (C=O) groups is 1. The predicted molar refractivity (Wildman–Crippen MR) is 94.5 cm³/mol. The first-order valence-corrected chi connectivity index (χ1v) is 8.65.